The molecule has 1 heterocycles. The Morgan fingerprint density at radius 2 is 1.59 bits per heavy atom. The highest BCUT2D eigenvalue weighted by molar-refractivity contribution is 5.91. The molecule has 5 rings (SSSR count). The van der Waals surface area contributed by atoms with Gasteiger partial charge in [-0.05, 0) is 61.1 Å². The Balaban J connectivity index is 0.00000320. The second-order valence-corrected chi connectivity index (χ2v) is 10.8. The van der Waals surface area contributed by atoms with Gasteiger partial charge < -0.3 is 22.7 Å². The van der Waals surface area contributed by atoms with E-state index in [9.17, 15) is 4.79 Å². The first-order valence-electron chi connectivity index (χ1n) is 13.7. The Kier molecular flexibility index (Phi) is 9.07. The highest BCUT2D eigenvalue weighted by Crippen LogP contribution is 2.49. The van der Waals surface area contributed by atoms with E-state index in [4.69, 9.17) is 5.73 Å². The summed E-state index contributed by atoms with van der Waals surface area (Å²) in [5.41, 5.74) is 7.47. The zero-order chi connectivity index (χ0) is 25.0. The molecule has 0 radical (unpaired) electrons. The molecule has 2 N–H and O–H groups in total. The van der Waals surface area contributed by atoms with Gasteiger partial charge in [0.05, 0.1) is 0 Å². The molecule has 3 aromatic rings. The summed E-state index contributed by atoms with van der Waals surface area (Å²) in [6.07, 6.45) is 19.0. The lowest BCUT2D eigenvalue weighted by atomic mass is 9.64. The van der Waals surface area contributed by atoms with E-state index in [1.54, 1.807) is 0 Å². The fourth-order valence-corrected chi connectivity index (χ4v) is 6.92. The molecule has 2 aliphatic rings. The number of carbonyl (C=O) groups is 1. The molecular weight excluding hydrogens is 522 g/mol. The Morgan fingerprint density at radius 1 is 0.973 bits per heavy atom. The number of carbonyl (C=O) groups excluding carboxylic acids is 1. The lowest BCUT2D eigenvalue weighted by Gasteiger charge is -2.37. The van der Waals surface area contributed by atoms with Crippen LogP contribution in [0.3, 0.4) is 0 Å². The molecule has 2 atom stereocenters. The quantitative estimate of drug-likeness (QED) is 0.333. The Morgan fingerprint density at radius 3 is 2.19 bits per heavy atom. The van der Waals surface area contributed by atoms with E-state index in [0.717, 1.165) is 42.9 Å². The number of aromatic nitrogens is 2. The number of hydrogen-bond donors (Lipinski definition) is 1. The summed E-state index contributed by atoms with van der Waals surface area (Å²) < 4.78 is 4.78. The molecule has 2 aromatic carbocycles. The molecule has 0 saturated heterocycles. The average molecular weight is 563 g/mol. The van der Waals surface area contributed by atoms with Crippen LogP contribution >= 0.6 is 0 Å². The van der Waals surface area contributed by atoms with Crippen LogP contribution in [0.5, 0.6) is 0 Å². The normalized spacial score (nSPS) is 20.7. The van der Waals surface area contributed by atoms with Crippen molar-refractivity contribution in [1.82, 2.24) is 4.57 Å². The Labute approximate surface area is 232 Å². The predicted octanol–water partition coefficient (Wildman–Crippen LogP) is 3.04. The fraction of sp³-hybridized carbons (Fsp3) is 0.438. The largest absolute Gasteiger partial charge is 1.00 e. The summed E-state index contributed by atoms with van der Waals surface area (Å²) in [5, 5.41) is 0. The number of imidazole rings is 1. The third-order valence-electron chi connectivity index (χ3n) is 8.81. The molecule has 1 aromatic heterocycles. The topological polar surface area (TPSA) is 51.9 Å². The third kappa shape index (κ3) is 5.47. The van der Waals surface area contributed by atoms with E-state index in [1.807, 2.05) is 36.4 Å². The number of allylic oxidation sites excluding steroid dienone is 2. The second kappa shape index (κ2) is 12.3. The minimum atomic E-state index is -0.822. The molecule has 2 fully saturated rings. The summed E-state index contributed by atoms with van der Waals surface area (Å²) in [6.45, 7) is 3.14. The van der Waals surface area contributed by atoms with Crippen LogP contribution in [-0.4, -0.2) is 10.5 Å². The smallest absolute Gasteiger partial charge is 0.253 e. The first kappa shape index (κ1) is 27.4. The first-order valence-corrected chi connectivity index (χ1v) is 13.7. The molecular formula is C32H40BrN3O. The van der Waals surface area contributed by atoms with E-state index < -0.39 is 5.41 Å². The van der Waals surface area contributed by atoms with E-state index in [0.29, 0.717) is 6.04 Å². The molecule has 2 saturated carbocycles. The van der Waals surface area contributed by atoms with Crippen molar-refractivity contribution in [3.05, 3.63) is 102 Å². The van der Waals surface area contributed by atoms with Crippen molar-refractivity contribution < 1.29 is 26.3 Å². The highest BCUT2D eigenvalue weighted by Gasteiger charge is 2.51. The van der Waals surface area contributed by atoms with Crippen molar-refractivity contribution in [2.24, 2.45) is 17.6 Å². The summed E-state index contributed by atoms with van der Waals surface area (Å²) in [5.74, 6) is 1.93. The van der Waals surface area contributed by atoms with Crippen LogP contribution in [0.4, 0.5) is 0 Å². The van der Waals surface area contributed by atoms with Crippen LogP contribution in [0.2, 0.25) is 0 Å². The number of benzene rings is 2. The van der Waals surface area contributed by atoms with Crippen molar-refractivity contribution in [2.45, 2.75) is 76.3 Å². The molecule has 0 unspecified atom stereocenters. The van der Waals surface area contributed by atoms with Crippen LogP contribution in [0.25, 0.3) is 0 Å². The van der Waals surface area contributed by atoms with Gasteiger partial charge in [-0.15, -0.1) is 0 Å². The van der Waals surface area contributed by atoms with Crippen LogP contribution in [0.15, 0.2) is 85.2 Å². The minimum Gasteiger partial charge on any atom is -1.00 e. The molecule has 4 nitrogen and oxygen atoms in total. The molecule has 0 spiro atoms. The average Bonchev–Trinajstić information content (AvgIpc) is 3.53. The van der Waals surface area contributed by atoms with Crippen molar-refractivity contribution >= 4 is 5.91 Å². The number of nitrogens with zero attached hydrogens (tertiary/aromatic N) is 2. The summed E-state index contributed by atoms with van der Waals surface area (Å²) >= 11 is 0. The monoisotopic (exact) mass is 561 g/mol. The Hall–Kier alpha value is -2.66. The van der Waals surface area contributed by atoms with E-state index in [1.165, 1.54) is 37.9 Å². The third-order valence-corrected chi connectivity index (χ3v) is 8.81. The summed E-state index contributed by atoms with van der Waals surface area (Å²) in [4.78, 5) is 13.4. The van der Waals surface area contributed by atoms with Crippen molar-refractivity contribution in [2.75, 3.05) is 0 Å². The lowest BCUT2D eigenvalue weighted by Crippen LogP contribution is -3.00. The molecule has 37 heavy (non-hydrogen) atoms. The SMILES string of the molecule is Cc1n([C@H]2CC[C@@H](C(C(N)=O)(c3ccccc3)c3ccccc3)C2)cc[n+]1C/C=C/C1CCCCC1.[Br-]. The number of primary amides is 1. The van der Waals surface area contributed by atoms with Gasteiger partial charge in [-0.2, -0.15) is 0 Å². The minimum absolute atomic E-state index is 0. The maximum atomic E-state index is 13.4. The number of nitrogens with two attached hydrogens (primary N) is 1. The zero-order valence-corrected chi connectivity index (χ0v) is 23.5. The van der Waals surface area contributed by atoms with Gasteiger partial charge >= 0.3 is 0 Å². The van der Waals surface area contributed by atoms with Crippen molar-refractivity contribution in [1.29, 1.82) is 0 Å². The van der Waals surface area contributed by atoms with Gasteiger partial charge in [0.25, 0.3) is 5.82 Å². The number of amides is 1. The van der Waals surface area contributed by atoms with Crippen LogP contribution < -0.4 is 27.3 Å². The van der Waals surface area contributed by atoms with E-state index >= 15 is 0 Å². The Bertz CT molecular complexity index is 1140. The van der Waals surface area contributed by atoms with Gasteiger partial charge in [0.1, 0.15) is 30.4 Å². The zero-order valence-electron chi connectivity index (χ0n) is 21.9. The predicted molar refractivity (Wildman–Crippen MR) is 144 cm³/mol. The van der Waals surface area contributed by atoms with Crippen LogP contribution in [-0.2, 0) is 16.8 Å². The highest BCUT2D eigenvalue weighted by atomic mass is 79.9. The maximum Gasteiger partial charge on any atom is 0.253 e. The number of rotatable bonds is 8. The second-order valence-electron chi connectivity index (χ2n) is 10.8. The van der Waals surface area contributed by atoms with E-state index in [-0.39, 0.29) is 28.8 Å². The van der Waals surface area contributed by atoms with Gasteiger partial charge in [0.2, 0.25) is 5.91 Å². The van der Waals surface area contributed by atoms with Gasteiger partial charge in [-0.25, -0.2) is 9.13 Å². The molecule has 0 bridgehead atoms. The van der Waals surface area contributed by atoms with Gasteiger partial charge in [-0.1, -0.05) is 86.0 Å². The first-order chi connectivity index (χ1) is 17.6. The van der Waals surface area contributed by atoms with Gasteiger partial charge in [0.15, 0.2) is 0 Å². The molecule has 0 aliphatic heterocycles. The van der Waals surface area contributed by atoms with Gasteiger partial charge in [0, 0.05) is 6.92 Å². The summed E-state index contributed by atoms with van der Waals surface area (Å²) in [6, 6.07) is 20.7. The summed E-state index contributed by atoms with van der Waals surface area (Å²) in [7, 11) is 0. The van der Waals surface area contributed by atoms with Crippen molar-refractivity contribution in [3.8, 4) is 0 Å². The molecule has 1 amide bonds. The van der Waals surface area contributed by atoms with Crippen molar-refractivity contribution in [3.63, 3.8) is 0 Å². The van der Waals surface area contributed by atoms with E-state index in [2.05, 4.69) is 64.9 Å². The van der Waals surface area contributed by atoms with Crippen LogP contribution in [0.1, 0.15) is 74.4 Å². The number of halogens is 1. The standard InChI is InChI=1S/C32H39N3O.BrH/c1-25-34(21-11-14-26-12-5-2-6-13-26)22-23-35(25)30-20-19-29(24-30)32(31(33)36,27-15-7-3-8-16-27)28-17-9-4-10-18-28;/h3-4,7-11,14-18,22-23,26,29-30H,2,5-6,12-13,19-21,24H2,1H3,(H-,33,36);1H/b14-11+;/t29-,30+;/m1./s1. The maximum absolute atomic E-state index is 13.4. The molecule has 5 heteroatoms. The molecule has 196 valence electrons. The fourth-order valence-electron chi connectivity index (χ4n) is 6.92. The lowest BCUT2D eigenvalue weighted by molar-refractivity contribution is -0.692. The van der Waals surface area contributed by atoms with Gasteiger partial charge in [-0.3, -0.25) is 4.79 Å². The van der Waals surface area contributed by atoms with Crippen LogP contribution in [0, 0.1) is 18.8 Å². The molecule has 2 aliphatic carbocycles. The number of hydrogen-bond acceptors (Lipinski definition) is 1.